The monoisotopic (exact) mass is 476 g/mol. The standard InChI is InChI=1S/C28H32N2O5/c1-29-25(32)17-28(27(29)34,22-12-6-7-13-24(22)35-2)18-26(33)30-16-8-11-21(19-30)23(31)15-14-20-9-4-3-5-10-20/h3-7,9-10,12-13,21H,8,11,14-19H2,1-2H3/t21-,28-/m1/s1. The number of ether oxygens (including phenoxy) is 1. The summed E-state index contributed by atoms with van der Waals surface area (Å²) in [6.07, 6.45) is 2.41. The van der Waals surface area contributed by atoms with Crippen LogP contribution in [-0.4, -0.2) is 60.6 Å². The third-order valence-corrected chi connectivity index (χ3v) is 7.35. The van der Waals surface area contributed by atoms with Crippen LogP contribution in [0.25, 0.3) is 0 Å². The fraction of sp³-hybridized carbons (Fsp3) is 0.429. The lowest BCUT2D eigenvalue weighted by Crippen LogP contribution is -2.47. The summed E-state index contributed by atoms with van der Waals surface area (Å²) in [6, 6.07) is 17.0. The van der Waals surface area contributed by atoms with E-state index in [1.54, 1.807) is 29.2 Å². The van der Waals surface area contributed by atoms with Crippen molar-refractivity contribution in [3.05, 3.63) is 65.7 Å². The zero-order chi connectivity index (χ0) is 25.0. The number of rotatable bonds is 8. The zero-order valence-electron chi connectivity index (χ0n) is 20.4. The second-order valence-electron chi connectivity index (χ2n) is 9.52. The molecule has 4 rings (SSSR count). The second-order valence-corrected chi connectivity index (χ2v) is 9.52. The summed E-state index contributed by atoms with van der Waals surface area (Å²) in [4.78, 5) is 55.2. The van der Waals surface area contributed by atoms with Crippen molar-refractivity contribution in [3.8, 4) is 5.75 Å². The number of nitrogens with zero attached hydrogens (tertiary/aromatic N) is 2. The highest BCUT2D eigenvalue weighted by Crippen LogP contribution is 2.43. The molecule has 0 N–H and O–H groups in total. The molecule has 2 heterocycles. The molecule has 0 aromatic heterocycles. The lowest BCUT2D eigenvalue weighted by Gasteiger charge is -2.35. The number of methoxy groups -OCH3 is 1. The van der Waals surface area contributed by atoms with Crippen molar-refractivity contribution < 1.29 is 23.9 Å². The van der Waals surface area contributed by atoms with E-state index in [-0.39, 0.29) is 36.4 Å². The molecule has 35 heavy (non-hydrogen) atoms. The Kier molecular flexibility index (Phi) is 7.34. The van der Waals surface area contributed by atoms with Gasteiger partial charge in [0.25, 0.3) is 0 Å². The minimum atomic E-state index is -1.31. The highest BCUT2D eigenvalue weighted by atomic mass is 16.5. The Labute approximate surface area is 206 Å². The Hall–Kier alpha value is -3.48. The molecule has 2 aliphatic heterocycles. The molecule has 2 atom stereocenters. The van der Waals surface area contributed by atoms with E-state index in [1.807, 2.05) is 30.3 Å². The SMILES string of the molecule is COc1ccccc1[C@]1(CC(=O)N2CCC[C@@H](C(=O)CCc3ccccc3)C2)CC(=O)N(C)C1=O. The first kappa shape index (κ1) is 24.6. The van der Waals surface area contributed by atoms with E-state index >= 15 is 0 Å². The number of piperidine rings is 1. The van der Waals surface area contributed by atoms with E-state index in [0.29, 0.717) is 37.2 Å². The number of aryl methyl sites for hydroxylation is 1. The van der Waals surface area contributed by atoms with Crippen LogP contribution >= 0.6 is 0 Å². The van der Waals surface area contributed by atoms with Crippen molar-refractivity contribution in [1.82, 2.24) is 9.80 Å². The van der Waals surface area contributed by atoms with Crippen molar-refractivity contribution in [2.75, 3.05) is 27.2 Å². The van der Waals surface area contributed by atoms with Crippen LogP contribution in [0.5, 0.6) is 5.75 Å². The summed E-state index contributed by atoms with van der Waals surface area (Å²) in [5.41, 5.74) is 0.364. The van der Waals surface area contributed by atoms with E-state index in [2.05, 4.69) is 0 Å². The average Bonchev–Trinajstić information content (AvgIpc) is 3.11. The minimum absolute atomic E-state index is 0.0816. The fourth-order valence-electron chi connectivity index (χ4n) is 5.32. The van der Waals surface area contributed by atoms with Crippen molar-refractivity contribution >= 4 is 23.5 Å². The third-order valence-electron chi connectivity index (χ3n) is 7.35. The summed E-state index contributed by atoms with van der Waals surface area (Å²) in [7, 11) is 2.96. The molecular formula is C28H32N2O5. The number of carbonyl (C=O) groups excluding carboxylic acids is 4. The molecule has 2 saturated heterocycles. The summed E-state index contributed by atoms with van der Waals surface area (Å²) >= 11 is 0. The van der Waals surface area contributed by atoms with Gasteiger partial charge in [-0.3, -0.25) is 24.1 Å². The molecule has 184 valence electrons. The van der Waals surface area contributed by atoms with Gasteiger partial charge in [0.2, 0.25) is 17.7 Å². The molecule has 2 fully saturated rings. The normalized spacial score (nSPS) is 22.4. The van der Waals surface area contributed by atoms with Gasteiger partial charge in [0.15, 0.2) is 0 Å². The van der Waals surface area contributed by atoms with Gasteiger partial charge in [0.05, 0.1) is 12.5 Å². The maximum Gasteiger partial charge on any atom is 0.240 e. The fourth-order valence-corrected chi connectivity index (χ4v) is 5.32. The molecular weight excluding hydrogens is 444 g/mol. The van der Waals surface area contributed by atoms with Crippen molar-refractivity contribution in [3.63, 3.8) is 0 Å². The van der Waals surface area contributed by atoms with Gasteiger partial charge < -0.3 is 9.64 Å². The highest BCUT2D eigenvalue weighted by Gasteiger charge is 2.54. The third kappa shape index (κ3) is 4.99. The number of amides is 3. The van der Waals surface area contributed by atoms with E-state index in [0.717, 1.165) is 23.3 Å². The van der Waals surface area contributed by atoms with E-state index in [1.165, 1.54) is 14.2 Å². The van der Waals surface area contributed by atoms with Gasteiger partial charge in [-0.15, -0.1) is 0 Å². The van der Waals surface area contributed by atoms with Gasteiger partial charge in [0, 0.05) is 50.9 Å². The second kappa shape index (κ2) is 10.4. The molecule has 0 saturated carbocycles. The number of imide groups is 1. The number of carbonyl (C=O) groups is 4. The van der Waals surface area contributed by atoms with Gasteiger partial charge in [-0.05, 0) is 30.9 Å². The van der Waals surface area contributed by atoms with Crippen LogP contribution in [0, 0.1) is 5.92 Å². The van der Waals surface area contributed by atoms with Crippen molar-refractivity contribution in [2.24, 2.45) is 5.92 Å². The van der Waals surface area contributed by atoms with Crippen LogP contribution in [0.2, 0.25) is 0 Å². The number of likely N-dealkylation sites (N-methyl/N-ethyl adjacent to an activating group) is 1. The Morgan fingerprint density at radius 3 is 2.46 bits per heavy atom. The van der Waals surface area contributed by atoms with E-state index < -0.39 is 11.3 Å². The number of hydrogen-bond acceptors (Lipinski definition) is 5. The first-order valence-electron chi connectivity index (χ1n) is 12.1. The molecule has 0 radical (unpaired) electrons. The van der Waals surface area contributed by atoms with Crippen LogP contribution in [0.15, 0.2) is 54.6 Å². The Balaban J connectivity index is 1.50. The summed E-state index contributed by atoms with van der Waals surface area (Å²) in [5.74, 6) is -0.494. The molecule has 3 amide bonds. The molecule has 2 aromatic rings. The van der Waals surface area contributed by atoms with Crippen LogP contribution < -0.4 is 4.74 Å². The molecule has 0 unspecified atom stereocenters. The molecule has 7 nitrogen and oxygen atoms in total. The minimum Gasteiger partial charge on any atom is -0.496 e. The number of Topliss-reactive ketones (excluding diaryl/α,β-unsaturated/α-hetero) is 1. The Morgan fingerprint density at radius 1 is 1.06 bits per heavy atom. The maximum atomic E-state index is 13.5. The largest absolute Gasteiger partial charge is 0.496 e. The quantitative estimate of drug-likeness (QED) is 0.547. The van der Waals surface area contributed by atoms with Crippen LogP contribution in [-0.2, 0) is 31.0 Å². The van der Waals surface area contributed by atoms with Crippen LogP contribution in [0.4, 0.5) is 0 Å². The number of likely N-dealkylation sites (tertiary alicyclic amines) is 2. The summed E-state index contributed by atoms with van der Waals surface area (Å²) < 4.78 is 5.49. The Bertz CT molecular complexity index is 1120. The Morgan fingerprint density at radius 2 is 1.77 bits per heavy atom. The van der Waals surface area contributed by atoms with Gasteiger partial charge in [0.1, 0.15) is 11.5 Å². The lowest BCUT2D eigenvalue weighted by molar-refractivity contribution is -0.142. The van der Waals surface area contributed by atoms with Crippen molar-refractivity contribution in [1.29, 1.82) is 0 Å². The molecule has 2 aromatic carbocycles. The smallest absolute Gasteiger partial charge is 0.240 e. The maximum absolute atomic E-state index is 13.5. The van der Waals surface area contributed by atoms with Crippen molar-refractivity contribution in [2.45, 2.75) is 43.9 Å². The predicted molar refractivity (Wildman–Crippen MR) is 131 cm³/mol. The topological polar surface area (TPSA) is 84.0 Å². The number of ketones is 1. The van der Waals surface area contributed by atoms with E-state index in [9.17, 15) is 19.2 Å². The number of benzene rings is 2. The molecule has 0 bridgehead atoms. The molecule has 0 spiro atoms. The average molecular weight is 477 g/mol. The highest BCUT2D eigenvalue weighted by molar-refractivity contribution is 6.10. The molecule has 7 heteroatoms. The number of para-hydroxylation sites is 1. The zero-order valence-corrected chi connectivity index (χ0v) is 20.4. The van der Waals surface area contributed by atoms with Crippen LogP contribution in [0.1, 0.15) is 43.2 Å². The first-order valence-corrected chi connectivity index (χ1v) is 12.1. The molecule has 0 aliphatic carbocycles. The number of hydrogen-bond donors (Lipinski definition) is 0. The van der Waals surface area contributed by atoms with Gasteiger partial charge in [-0.2, -0.15) is 0 Å². The first-order chi connectivity index (χ1) is 16.9. The van der Waals surface area contributed by atoms with Gasteiger partial charge in [-0.25, -0.2) is 0 Å². The summed E-state index contributed by atoms with van der Waals surface area (Å²) in [6.45, 7) is 0.897. The molecule has 2 aliphatic rings. The van der Waals surface area contributed by atoms with Gasteiger partial charge in [-0.1, -0.05) is 48.5 Å². The lowest BCUT2D eigenvalue weighted by atomic mass is 9.75. The van der Waals surface area contributed by atoms with Gasteiger partial charge >= 0.3 is 0 Å². The predicted octanol–water partition coefficient (Wildman–Crippen LogP) is 3.15. The van der Waals surface area contributed by atoms with E-state index in [4.69, 9.17) is 4.74 Å². The van der Waals surface area contributed by atoms with Crippen LogP contribution in [0.3, 0.4) is 0 Å². The summed E-state index contributed by atoms with van der Waals surface area (Å²) in [5, 5.41) is 0.